The van der Waals surface area contributed by atoms with Crippen LogP contribution in [0.5, 0.6) is 11.5 Å². The maximum absolute atomic E-state index is 12.5. The zero-order chi connectivity index (χ0) is 20.1. The van der Waals surface area contributed by atoms with Crippen LogP contribution in [0.2, 0.25) is 0 Å². The summed E-state index contributed by atoms with van der Waals surface area (Å²) in [6.45, 7) is 3.03. The van der Waals surface area contributed by atoms with Crippen LogP contribution in [0.4, 0.5) is 0 Å². The maximum Gasteiger partial charge on any atom is 0.276 e. The molecule has 3 rings (SSSR count). The lowest BCUT2D eigenvalue weighted by Gasteiger charge is -2.14. The van der Waals surface area contributed by atoms with Crippen molar-refractivity contribution in [2.24, 2.45) is 0 Å². The zero-order valence-corrected chi connectivity index (χ0v) is 18.1. The van der Waals surface area contributed by atoms with Crippen molar-refractivity contribution >= 4 is 45.2 Å². The number of thiocarbonyl (C=S) groups is 1. The molecule has 0 aliphatic carbocycles. The second kappa shape index (κ2) is 9.21. The second-order valence-electron chi connectivity index (χ2n) is 6.25. The first-order valence-corrected chi connectivity index (χ1v) is 10.1. The van der Waals surface area contributed by atoms with Gasteiger partial charge in [0.25, 0.3) is 5.91 Å². The van der Waals surface area contributed by atoms with Crippen molar-refractivity contribution in [1.82, 2.24) is 10.2 Å². The lowest BCUT2D eigenvalue weighted by atomic mass is 10.1. The van der Waals surface area contributed by atoms with Crippen LogP contribution in [0.25, 0.3) is 6.08 Å². The third-order valence-electron chi connectivity index (χ3n) is 4.20. The fourth-order valence-corrected chi connectivity index (χ4v) is 3.72. The van der Waals surface area contributed by atoms with Crippen molar-refractivity contribution in [2.45, 2.75) is 20.0 Å². The average Bonchev–Trinajstić information content (AvgIpc) is 2.95. The molecule has 0 atom stereocenters. The number of ether oxygens (including phenoxy) is 2. The van der Waals surface area contributed by atoms with E-state index in [1.54, 1.807) is 18.1 Å². The molecule has 1 heterocycles. The molecule has 28 heavy (non-hydrogen) atoms. The topological polar surface area (TPSA) is 50.8 Å². The summed E-state index contributed by atoms with van der Waals surface area (Å²) in [7, 11) is 1.59. The zero-order valence-electron chi connectivity index (χ0n) is 15.7. The molecule has 1 aliphatic rings. The molecule has 1 saturated heterocycles. The smallest absolute Gasteiger partial charge is 0.276 e. The van der Waals surface area contributed by atoms with E-state index in [-0.39, 0.29) is 5.91 Å². The van der Waals surface area contributed by atoms with Gasteiger partial charge >= 0.3 is 0 Å². The van der Waals surface area contributed by atoms with Gasteiger partial charge in [0.05, 0.1) is 11.6 Å². The molecule has 0 aromatic heterocycles. The summed E-state index contributed by atoms with van der Waals surface area (Å²) in [5.41, 5.74) is 2.31. The van der Waals surface area contributed by atoms with Gasteiger partial charge in [-0.05, 0) is 63.9 Å². The van der Waals surface area contributed by atoms with Crippen LogP contribution in [0.3, 0.4) is 0 Å². The van der Waals surface area contributed by atoms with E-state index in [0.717, 1.165) is 22.0 Å². The Bertz CT molecular complexity index is 915. The number of nitrogens with one attached hydrogen (secondary N) is 1. The van der Waals surface area contributed by atoms with Gasteiger partial charge in [-0.25, -0.2) is 0 Å². The number of methoxy groups -OCH3 is 1. The molecule has 146 valence electrons. The highest BCUT2D eigenvalue weighted by molar-refractivity contribution is 9.10. The Morgan fingerprint density at radius 1 is 1.25 bits per heavy atom. The molecule has 0 radical (unpaired) electrons. The molecule has 5 nitrogen and oxygen atoms in total. The number of hydrogen-bond acceptors (Lipinski definition) is 4. The number of rotatable bonds is 7. The Hall–Kier alpha value is -2.38. The van der Waals surface area contributed by atoms with Gasteiger partial charge in [-0.1, -0.05) is 37.3 Å². The molecule has 1 fully saturated rings. The summed E-state index contributed by atoms with van der Waals surface area (Å²) < 4.78 is 12.2. The van der Waals surface area contributed by atoms with Gasteiger partial charge in [0.2, 0.25) is 0 Å². The van der Waals surface area contributed by atoms with Crippen molar-refractivity contribution in [3.05, 3.63) is 63.8 Å². The Kier molecular flexibility index (Phi) is 6.70. The number of amides is 1. The van der Waals surface area contributed by atoms with E-state index < -0.39 is 0 Å². The molecular formula is C21H21BrN2O3S. The van der Waals surface area contributed by atoms with Crippen LogP contribution in [0, 0.1) is 0 Å². The van der Waals surface area contributed by atoms with Crippen LogP contribution in [0.1, 0.15) is 24.5 Å². The number of carbonyl (C=O) groups is 1. The van der Waals surface area contributed by atoms with Crippen LogP contribution < -0.4 is 14.8 Å². The summed E-state index contributed by atoms with van der Waals surface area (Å²) in [4.78, 5) is 14.1. The minimum Gasteiger partial charge on any atom is -0.493 e. The fraction of sp³-hybridized carbons (Fsp3) is 0.238. The highest BCUT2D eigenvalue weighted by atomic mass is 79.9. The molecular weight excluding hydrogens is 440 g/mol. The molecule has 1 aliphatic heterocycles. The third kappa shape index (κ3) is 4.54. The molecule has 7 heteroatoms. The Labute approximate surface area is 178 Å². The normalized spacial score (nSPS) is 15.1. The van der Waals surface area contributed by atoms with Gasteiger partial charge in [-0.3, -0.25) is 9.69 Å². The van der Waals surface area contributed by atoms with E-state index in [1.165, 1.54) is 0 Å². The van der Waals surface area contributed by atoms with Crippen molar-refractivity contribution in [2.75, 3.05) is 13.7 Å². The number of benzene rings is 2. The standard InChI is InChI=1S/C21H21BrN2O3S/c1-3-9-24-20(25)17(23-21(24)28)11-15-10-16(22)19(18(12-15)26-2)27-13-14-7-5-4-6-8-14/h4-8,10-12H,3,9,13H2,1-2H3,(H,23,28)/b17-11-. The highest BCUT2D eigenvalue weighted by Crippen LogP contribution is 2.38. The van der Waals surface area contributed by atoms with E-state index >= 15 is 0 Å². The maximum atomic E-state index is 12.5. The van der Waals surface area contributed by atoms with E-state index in [0.29, 0.717) is 35.5 Å². The number of halogens is 1. The molecule has 2 aromatic carbocycles. The summed E-state index contributed by atoms with van der Waals surface area (Å²) in [5, 5.41) is 3.42. The van der Waals surface area contributed by atoms with Gasteiger partial charge in [-0.15, -0.1) is 0 Å². The largest absolute Gasteiger partial charge is 0.493 e. The Morgan fingerprint density at radius 2 is 2.00 bits per heavy atom. The lowest BCUT2D eigenvalue weighted by molar-refractivity contribution is -0.122. The molecule has 2 aromatic rings. The Balaban J connectivity index is 1.83. The van der Waals surface area contributed by atoms with E-state index in [4.69, 9.17) is 21.7 Å². The summed E-state index contributed by atoms with van der Waals surface area (Å²) in [6, 6.07) is 13.6. The fourth-order valence-electron chi connectivity index (χ4n) is 2.86. The monoisotopic (exact) mass is 460 g/mol. The first-order valence-electron chi connectivity index (χ1n) is 8.92. The summed E-state index contributed by atoms with van der Waals surface area (Å²) >= 11 is 8.80. The average molecular weight is 461 g/mol. The van der Waals surface area contributed by atoms with Gasteiger partial charge < -0.3 is 14.8 Å². The quantitative estimate of drug-likeness (QED) is 0.486. The molecule has 1 N–H and O–H groups in total. The van der Waals surface area contributed by atoms with E-state index in [9.17, 15) is 4.79 Å². The van der Waals surface area contributed by atoms with Gasteiger partial charge in [0.15, 0.2) is 16.6 Å². The summed E-state index contributed by atoms with van der Waals surface area (Å²) in [5.74, 6) is 1.07. The van der Waals surface area contributed by atoms with Crippen LogP contribution >= 0.6 is 28.1 Å². The van der Waals surface area contributed by atoms with Crippen molar-refractivity contribution in [3.8, 4) is 11.5 Å². The third-order valence-corrected chi connectivity index (χ3v) is 5.11. The SMILES string of the molecule is CCCN1C(=O)/C(=C/c2cc(Br)c(OCc3ccccc3)c(OC)c2)NC1=S. The minimum absolute atomic E-state index is 0.119. The van der Waals surface area contributed by atoms with Crippen molar-refractivity contribution in [3.63, 3.8) is 0 Å². The second-order valence-corrected chi connectivity index (χ2v) is 7.49. The lowest BCUT2D eigenvalue weighted by Crippen LogP contribution is -2.31. The molecule has 0 saturated carbocycles. The molecule has 0 unspecified atom stereocenters. The first kappa shape index (κ1) is 20.4. The molecule has 0 spiro atoms. The van der Waals surface area contributed by atoms with E-state index in [1.807, 2.05) is 49.4 Å². The minimum atomic E-state index is -0.119. The highest BCUT2D eigenvalue weighted by Gasteiger charge is 2.29. The molecule has 1 amide bonds. The Morgan fingerprint density at radius 3 is 2.68 bits per heavy atom. The van der Waals surface area contributed by atoms with Crippen LogP contribution in [-0.4, -0.2) is 29.6 Å². The van der Waals surface area contributed by atoms with Gasteiger partial charge in [0.1, 0.15) is 12.3 Å². The van der Waals surface area contributed by atoms with Crippen LogP contribution in [-0.2, 0) is 11.4 Å². The first-order chi connectivity index (χ1) is 13.5. The molecule has 0 bridgehead atoms. The van der Waals surface area contributed by atoms with E-state index in [2.05, 4.69) is 21.2 Å². The predicted molar refractivity (Wildman–Crippen MR) is 117 cm³/mol. The van der Waals surface area contributed by atoms with Crippen molar-refractivity contribution in [1.29, 1.82) is 0 Å². The number of hydrogen-bond donors (Lipinski definition) is 1. The van der Waals surface area contributed by atoms with Crippen molar-refractivity contribution < 1.29 is 14.3 Å². The number of nitrogens with zero attached hydrogens (tertiary/aromatic N) is 1. The van der Waals surface area contributed by atoms with Crippen LogP contribution in [0.15, 0.2) is 52.6 Å². The predicted octanol–water partition coefficient (Wildman–Crippen LogP) is 4.50. The summed E-state index contributed by atoms with van der Waals surface area (Å²) in [6.07, 6.45) is 2.60. The van der Waals surface area contributed by atoms with Gasteiger partial charge in [0, 0.05) is 6.54 Å². The number of carbonyl (C=O) groups excluding carboxylic acids is 1. The van der Waals surface area contributed by atoms with Gasteiger partial charge in [-0.2, -0.15) is 0 Å².